The highest BCUT2D eigenvalue weighted by Gasteiger charge is 2.39. The molecule has 1 aliphatic carbocycles. The zero-order valence-corrected chi connectivity index (χ0v) is 19.0. The zero-order chi connectivity index (χ0) is 21.8. The Morgan fingerprint density at radius 1 is 1.00 bits per heavy atom. The number of ether oxygens (including phenoxy) is 1. The summed E-state index contributed by atoms with van der Waals surface area (Å²) in [4.78, 5) is 25.5. The molecule has 1 aliphatic rings. The summed E-state index contributed by atoms with van der Waals surface area (Å²) in [6.45, 7) is 5.97. The molecule has 164 valence electrons. The fourth-order valence-corrected chi connectivity index (χ4v) is 3.90. The molecule has 3 heteroatoms. The highest BCUT2D eigenvalue weighted by molar-refractivity contribution is 5.88. The molecule has 0 fully saturated rings. The monoisotopic (exact) mass is 410 g/mol. The van der Waals surface area contributed by atoms with Gasteiger partial charge in [-0.25, -0.2) is 0 Å². The molecular formula is C27H38O3. The van der Waals surface area contributed by atoms with E-state index in [1.807, 2.05) is 24.3 Å². The maximum atomic E-state index is 13.2. The molecule has 2 unspecified atom stereocenters. The van der Waals surface area contributed by atoms with Gasteiger partial charge in [-0.05, 0) is 37.3 Å². The van der Waals surface area contributed by atoms with Crippen molar-refractivity contribution in [2.45, 2.75) is 91.1 Å². The first-order valence-electron chi connectivity index (χ1n) is 11.7. The quantitative estimate of drug-likeness (QED) is 0.258. The van der Waals surface area contributed by atoms with Crippen molar-refractivity contribution in [2.24, 2.45) is 5.41 Å². The van der Waals surface area contributed by atoms with E-state index in [4.69, 9.17) is 4.74 Å². The van der Waals surface area contributed by atoms with Crippen LogP contribution in [0.15, 0.2) is 48.6 Å². The normalized spacial score (nSPS) is 19.2. The van der Waals surface area contributed by atoms with Gasteiger partial charge in [-0.15, -0.1) is 0 Å². The molecule has 0 saturated carbocycles. The predicted molar refractivity (Wildman–Crippen MR) is 124 cm³/mol. The van der Waals surface area contributed by atoms with Gasteiger partial charge in [0.1, 0.15) is 0 Å². The van der Waals surface area contributed by atoms with Gasteiger partial charge in [0.2, 0.25) is 0 Å². The topological polar surface area (TPSA) is 43.4 Å². The molecule has 1 aromatic rings. The molecule has 0 saturated heterocycles. The summed E-state index contributed by atoms with van der Waals surface area (Å²) in [6.07, 6.45) is 15.0. The third kappa shape index (κ3) is 6.97. The maximum Gasteiger partial charge on any atom is 0.316 e. The summed E-state index contributed by atoms with van der Waals surface area (Å²) in [5, 5.41) is 0. The molecule has 30 heavy (non-hydrogen) atoms. The van der Waals surface area contributed by atoms with E-state index < -0.39 is 11.5 Å². The van der Waals surface area contributed by atoms with E-state index in [0.717, 1.165) is 43.2 Å². The molecule has 0 heterocycles. The Labute approximate surface area is 182 Å². The SMILES string of the molecule is CCCCCCCC1(C(=O)OC(C)C(=O)CCCC)C=CC(c2ccccc2)=CC1. The minimum Gasteiger partial charge on any atom is -0.454 e. The number of unbranched alkanes of at least 4 members (excludes halogenated alkanes) is 5. The molecule has 2 atom stereocenters. The van der Waals surface area contributed by atoms with Gasteiger partial charge in [0, 0.05) is 6.42 Å². The van der Waals surface area contributed by atoms with Gasteiger partial charge in [-0.2, -0.15) is 0 Å². The highest BCUT2D eigenvalue weighted by Crippen LogP contribution is 2.39. The van der Waals surface area contributed by atoms with Crippen molar-refractivity contribution in [1.82, 2.24) is 0 Å². The lowest BCUT2D eigenvalue weighted by molar-refractivity contribution is -0.162. The smallest absolute Gasteiger partial charge is 0.316 e. The number of ketones is 1. The molecular weight excluding hydrogens is 372 g/mol. The molecule has 0 radical (unpaired) electrons. The molecule has 0 aliphatic heterocycles. The summed E-state index contributed by atoms with van der Waals surface area (Å²) in [6, 6.07) is 10.2. The average molecular weight is 411 g/mol. The summed E-state index contributed by atoms with van der Waals surface area (Å²) in [7, 11) is 0. The van der Waals surface area contributed by atoms with Crippen molar-refractivity contribution in [3.8, 4) is 0 Å². The Morgan fingerprint density at radius 3 is 2.33 bits per heavy atom. The molecule has 0 aromatic heterocycles. The summed E-state index contributed by atoms with van der Waals surface area (Å²) < 4.78 is 5.70. The van der Waals surface area contributed by atoms with Crippen molar-refractivity contribution < 1.29 is 14.3 Å². The Kier molecular flexibility index (Phi) is 10.1. The Bertz CT molecular complexity index is 732. The lowest BCUT2D eigenvalue weighted by Crippen LogP contribution is -2.36. The second-order valence-corrected chi connectivity index (χ2v) is 8.50. The van der Waals surface area contributed by atoms with Crippen LogP contribution in [0.5, 0.6) is 0 Å². The largest absolute Gasteiger partial charge is 0.454 e. The third-order valence-electron chi connectivity index (χ3n) is 6.02. The van der Waals surface area contributed by atoms with E-state index in [2.05, 4.69) is 38.1 Å². The van der Waals surface area contributed by atoms with Gasteiger partial charge in [0.05, 0.1) is 5.41 Å². The lowest BCUT2D eigenvalue weighted by Gasteiger charge is -2.31. The van der Waals surface area contributed by atoms with Crippen LogP contribution in [0, 0.1) is 5.41 Å². The second-order valence-electron chi connectivity index (χ2n) is 8.50. The van der Waals surface area contributed by atoms with Gasteiger partial charge in [-0.3, -0.25) is 9.59 Å². The molecule has 1 aromatic carbocycles. The van der Waals surface area contributed by atoms with Gasteiger partial charge in [0.25, 0.3) is 0 Å². The van der Waals surface area contributed by atoms with Crippen molar-refractivity contribution in [3.05, 3.63) is 54.1 Å². The summed E-state index contributed by atoms with van der Waals surface area (Å²) in [5.74, 6) is -0.237. The lowest BCUT2D eigenvalue weighted by atomic mass is 9.75. The van der Waals surface area contributed by atoms with E-state index >= 15 is 0 Å². The Morgan fingerprint density at radius 2 is 1.70 bits per heavy atom. The minimum absolute atomic E-state index is 0.0172. The summed E-state index contributed by atoms with van der Waals surface area (Å²) in [5.41, 5.74) is 1.63. The van der Waals surface area contributed by atoms with Crippen LogP contribution in [0.25, 0.3) is 5.57 Å². The molecule has 0 spiro atoms. The standard InChI is InChI=1S/C27H38O3/c1-4-6-8-9-13-19-27(26(29)30-22(3)25(28)16-7-5-2)20-17-24(18-21-27)23-14-11-10-12-15-23/h10-12,14-15,17-18,20,22H,4-9,13,16,19,21H2,1-3H3. The van der Waals surface area contributed by atoms with E-state index in [1.165, 1.54) is 19.3 Å². The first-order valence-corrected chi connectivity index (χ1v) is 11.7. The average Bonchev–Trinajstić information content (AvgIpc) is 2.78. The molecule has 0 amide bonds. The van der Waals surface area contributed by atoms with Crippen LogP contribution < -0.4 is 0 Å². The van der Waals surface area contributed by atoms with Crippen LogP contribution in [-0.2, 0) is 14.3 Å². The number of benzene rings is 1. The van der Waals surface area contributed by atoms with Crippen molar-refractivity contribution in [1.29, 1.82) is 0 Å². The second kappa shape index (κ2) is 12.5. The maximum absolute atomic E-state index is 13.2. The fraction of sp³-hybridized carbons (Fsp3) is 0.556. The van der Waals surface area contributed by atoms with Gasteiger partial charge in [0.15, 0.2) is 11.9 Å². The number of hydrogen-bond donors (Lipinski definition) is 0. The van der Waals surface area contributed by atoms with Gasteiger partial charge < -0.3 is 4.74 Å². The van der Waals surface area contributed by atoms with E-state index in [9.17, 15) is 9.59 Å². The fourth-order valence-electron chi connectivity index (χ4n) is 3.90. The van der Waals surface area contributed by atoms with Crippen molar-refractivity contribution in [2.75, 3.05) is 0 Å². The number of rotatable bonds is 13. The van der Waals surface area contributed by atoms with Gasteiger partial charge in [-0.1, -0.05) is 101 Å². The number of Topliss-reactive ketones (excluding diaryl/α,β-unsaturated/α-hetero) is 1. The van der Waals surface area contributed by atoms with Crippen LogP contribution in [0.4, 0.5) is 0 Å². The first kappa shape index (κ1) is 24.1. The van der Waals surface area contributed by atoms with Crippen molar-refractivity contribution in [3.63, 3.8) is 0 Å². The molecule has 0 N–H and O–H groups in total. The van der Waals surface area contributed by atoms with Crippen LogP contribution >= 0.6 is 0 Å². The van der Waals surface area contributed by atoms with E-state index in [1.54, 1.807) is 6.92 Å². The zero-order valence-electron chi connectivity index (χ0n) is 19.0. The molecule has 2 rings (SSSR count). The number of carbonyl (C=O) groups excluding carboxylic acids is 2. The van der Waals surface area contributed by atoms with Crippen molar-refractivity contribution >= 4 is 17.3 Å². The third-order valence-corrected chi connectivity index (χ3v) is 6.02. The number of hydrogen-bond acceptors (Lipinski definition) is 3. The Hall–Kier alpha value is -2.16. The number of allylic oxidation sites excluding steroid dienone is 3. The minimum atomic E-state index is -0.672. The van der Waals surface area contributed by atoms with Gasteiger partial charge >= 0.3 is 5.97 Å². The van der Waals surface area contributed by atoms with Crippen LogP contribution in [0.3, 0.4) is 0 Å². The predicted octanol–water partition coefficient (Wildman–Crippen LogP) is 7.07. The van der Waals surface area contributed by atoms with Crippen LogP contribution in [-0.4, -0.2) is 17.9 Å². The molecule has 0 bridgehead atoms. The highest BCUT2D eigenvalue weighted by atomic mass is 16.5. The van der Waals surface area contributed by atoms with Crippen LogP contribution in [0.1, 0.15) is 90.5 Å². The summed E-state index contributed by atoms with van der Waals surface area (Å²) >= 11 is 0. The molecule has 3 nitrogen and oxygen atoms in total. The number of esters is 1. The van der Waals surface area contributed by atoms with Crippen LogP contribution in [0.2, 0.25) is 0 Å². The van der Waals surface area contributed by atoms with E-state index in [0.29, 0.717) is 12.8 Å². The number of carbonyl (C=O) groups is 2. The first-order chi connectivity index (χ1) is 14.5. The Balaban J connectivity index is 2.09. The van der Waals surface area contributed by atoms with E-state index in [-0.39, 0.29) is 11.8 Å².